The highest BCUT2D eigenvalue weighted by atomic mass is 16.6. The number of amides is 1. The molecule has 6 nitrogen and oxygen atoms in total. The number of nitrogens with one attached hydrogen (secondary N) is 1. The van der Waals surface area contributed by atoms with Crippen LogP contribution in [-0.4, -0.2) is 43.3 Å². The van der Waals surface area contributed by atoms with Gasteiger partial charge in [-0.05, 0) is 31.9 Å². The van der Waals surface area contributed by atoms with Crippen LogP contribution in [0.15, 0.2) is 24.3 Å². The number of carbonyl (C=O) groups excluding carboxylic acids is 2. The highest BCUT2D eigenvalue weighted by molar-refractivity contribution is 5.71. The maximum Gasteiger partial charge on any atom is 0.410 e. The Morgan fingerprint density at radius 3 is 2.35 bits per heavy atom. The Labute approximate surface area is 137 Å². The lowest BCUT2D eigenvalue weighted by Crippen LogP contribution is -2.34. The van der Waals surface area contributed by atoms with Crippen LogP contribution >= 0.6 is 0 Å². The molecule has 0 unspecified atom stereocenters. The van der Waals surface area contributed by atoms with Gasteiger partial charge < -0.3 is 19.7 Å². The summed E-state index contributed by atoms with van der Waals surface area (Å²) >= 11 is 0. The van der Waals surface area contributed by atoms with E-state index in [0.717, 1.165) is 11.1 Å². The van der Waals surface area contributed by atoms with Gasteiger partial charge in [0.25, 0.3) is 0 Å². The van der Waals surface area contributed by atoms with Crippen molar-refractivity contribution in [3.8, 4) is 0 Å². The number of methoxy groups -OCH3 is 1. The van der Waals surface area contributed by atoms with Crippen molar-refractivity contribution in [2.45, 2.75) is 39.5 Å². The number of ether oxygens (including phenoxy) is 2. The Bertz CT molecular complexity index is 538. The summed E-state index contributed by atoms with van der Waals surface area (Å²) in [6.45, 7) is 6.61. The van der Waals surface area contributed by atoms with Gasteiger partial charge in [-0.15, -0.1) is 0 Å². The monoisotopic (exact) mass is 322 g/mol. The van der Waals surface area contributed by atoms with Gasteiger partial charge in [0.1, 0.15) is 5.60 Å². The second kappa shape index (κ2) is 8.53. The SMILES string of the molecule is COC(=O)CNCc1ccccc1CN(C)C(=O)OC(C)(C)C. The summed E-state index contributed by atoms with van der Waals surface area (Å²) in [5.74, 6) is -0.312. The van der Waals surface area contributed by atoms with Gasteiger partial charge in [0.15, 0.2) is 0 Å². The molecular formula is C17H26N2O4. The van der Waals surface area contributed by atoms with Gasteiger partial charge in [-0.3, -0.25) is 4.79 Å². The van der Waals surface area contributed by atoms with Crippen molar-refractivity contribution in [2.75, 3.05) is 20.7 Å². The third-order valence-electron chi connectivity index (χ3n) is 3.04. The Kier molecular flexibility index (Phi) is 7.03. The van der Waals surface area contributed by atoms with Crippen molar-refractivity contribution in [2.24, 2.45) is 0 Å². The normalized spacial score (nSPS) is 11.0. The Morgan fingerprint density at radius 2 is 1.78 bits per heavy atom. The first kappa shape index (κ1) is 19.0. The van der Waals surface area contributed by atoms with Crippen molar-refractivity contribution in [3.63, 3.8) is 0 Å². The number of carbonyl (C=O) groups is 2. The van der Waals surface area contributed by atoms with Gasteiger partial charge in [0.05, 0.1) is 13.7 Å². The molecule has 0 fully saturated rings. The van der Waals surface area contributed by atoms with Gasteiger partial charge in [-0.1, -0.05) is 24.3 Å². The predicted octanol–water partition coefficient (Wildman–Crippen LogP) is 2.32. The third-order valence-corrected chi connectivity index (χ3v) is 3.04. The molecule has 0 saturated heterocycles. The van der Waals surface area contributed by atoms with E-state index in [1.807, 2.05) is 45.0 Å². The number of nitrogens with zero attached hydrogens (tertiary/aromatic N) is 1. The lowest BCUT2D eigenvalue weighted by Gasteiger charge is -2.25. The van der Waals surface area contributed by atoms with E-state index < -0.39 is 5.60 Å². The molecule has 23 heavy (non-hydrogen) atoms. The summed E-state index contributed by atoms with van der Waals surface area (Å²) in [6, 6.07) is 7.76. The molecule has 1 amide bonds. The van der Waals surface area contributed by atoms with E-state index in [-0.39, 0.29) is 18.6 Å². The number of rotatable bonds is 6. The largest absolute Gasteiger partial charge is 0.468 e. The predicted molar refractivity (Wildman–Crippen MR) is 87.9 cm³/mol. The van der Waals surface area contributed by atoms with E-state index in [0.29, 0.717) is 13.1 Å². The van der Waals surface area contributed by atoms with Crippen molar-refractivity contribution in [1.82, 2.24) is 10.2 Å². The molecule has 1 rings (SSSR count). The van der Waals surface area contributed by atoms with Crippen molar-refractivity contribution in [1.29, 1.82) is 0 Å². The minimum absolute atomic E-state index is 0.146. The molecule has 0 aromatic heterocycles. The lowest BCUT2D eigenvalue weighted by atomic mass is 10.1. The first-order valence-electron chi connectivity index (χ1n) is 7.51. The van der Waals surface area contributed by atoms with Gasteiger partial charge >= 0.3 is 12.1 Å². The van der Waals surface area contributed by atoms with Gasteiger partial charge in [-0.25, -0.2) is 4.79 Å². The average molecular weight is 322 g/mol. The molecule has 0 atom stereocenters. The summed E-state index contributed by atoms with van der Waals surface area (Å²) in [5, 5.41) is 3.02. The number of hydrogen-bond donors (Lipinski definition) is 1. The van der Waals surface area contributed by atoms with E-state index in [2.05, 4.69) is 10.1 Å². The van der Waals surface area contributed by atoms with Crippen LogP contribution in [0.2, 0.25) is 0 Å². The van der Waals surface area contributed by atoms with Crippen LogP contribution in [0.25, 0.3) is 0 Å². The molecule has 0 radical (unpaired) electrons. The quantitative estimate of drug-likeness (QED) is 0.814. The molecule has 0 aliphatic heterocycles. The molecule has 1 aromatic carbocycles. The lowest BCUT2D eigenvalue weighted by molar-refractivity contribution is -0.139. The van der Waals surface area contributed by atoms with E-state index in [4.69, 9.17) is 4.74 Å². The number of esters is 1. The topological polar surface area (TPSA) is 67.9 Å². The standard InChI is InChI=1S/C17H26N2O4/c1-17(2,3)23-16(21)19(4)12-14-9-7-6-8-13(14)10-18-11-15(20)22-5/h6-9,18H,10-12H2,1-5H3. The fourth-order valence-electron chi connectivity index (χ4n) is 1.92. The van der Waals surface area contributed by atoms with Gasteiger partial charge in [0.2, 0.25) is 0 Å². The fraction of sp³-hybridized carbons (Fsp3) is 0.529. The smallest absolute Gasteiger partial charge is 0.410 e. The summed E-state index contributed by atoms with van der Waals surface area (Å²) in [5.41, 5.74) is 1.50. The molecule has 0 heterocycles. The Hall–Kier alpha value is -2.08. The van der Waals surface area contributed by atoms with Crippen LogP contribution in [0, 0.1) is 0 Å². The van der Waals surface area contributed by atoms with E-state index in [1.165, 1.54) is 12.0 Å². The summed E-state index contributed by atoms with van der Waals surface area (Å²) < 4.78 is 9.94. The second-order valence-electron chi connectivity index (χ2n) is 6.28. The average Bonchev–Trinajstić information content (AvgIpc) is 2.47. The number of hydrogen-bond acceptors (Lipinski definition) is 5. The zero-order valence-corrected chi connectivity index (χ0v) is 14.5. The van der Waals surface area contributed by atoms with Crippen molar-refractivity contribution < 1.29 is 19.1 Å². The molecule has 1 aromatic rings. The maximum atomic E-state index is 12.0. The van der Waals surface area contributed by atoms with Gasteiger partial charge in [0, 0.05) is 20.1 Å². The number of benzene rings is 1. The van der Waals surface area contributed by atoms with Crippen LogP contribution in [0.4, 0.5) is 4.79 Å². The van der Waals surface area contributed by atoms with Crippen molar-refractivity contribution in [3.05, 3.63) is 35.4 Å². The minimum Gasteiger partial charge on any atom is -0.468 e. The summed E-state index contributed by atoms with van der Waals surface area (Å²) in [6.07, 6.45) is -0.366. The fourth-order valence-corrected chi connectivity index (χ4v) is 1.92. The highest BCUT2D eigenvalue weighted by Crippen LogP contribution is 2.14. The molecular weight excluding hydrogens is 296 g/mol. The van der Waals surface area contributed by atoms with Crippen molar-refractivity contribution >= 4 is 12.1 Å². The van der Waals surface area contributed by atoms with E-state index in [1.54, 1.807) is 7.05 Å². The molecule has 0 aliphatic rings. The molecule has 128 valence electrons. The summed E-state index contributed by atoms with van der Waals surface area (Å²) in [4.78, 5) is 24.7. The second-order valence-corrected chi connectivity index (χ2v) is 6.28. The van der Waals surface area contributed by atoms with Crippen LogP contribution in [0.5, 0.6) is 0 Å². The van der Waals surface area contributed by atoms with E-state index >= 15 is 0 Å². The van der Waals surface area contributed by atoms with Gasteiger partial charge in [-0.2, -0.15) is 0 Å². The minimum atomic E-state index is -0.521. The first-order valence-corrected chi connectivity index (χ1v) is 7.51. The third kappa shape index (κ3) is 7.15. The molecule has 0 aliphatic carbocycles. The van der Waals surface area contributed by atoms with Crippen LogP contribution in [0.3, 0.4) is 0 Å². The van der Waals surface area contributed by atoms with Crippen LogP contribution < -0.4 is 5.32 Å². The van der Waals surface area contributed by atoms with E-state index in [9.17, 15) is 9.59 Å². The zero-order chi connectivity index (χ0) is 17.5. The molecule has 0 saturated carbocycles. The first-order chi connectivity index (χ1) is 10.7. The van der Waals surface area contributed by atoms with Crippen LogP contribution in [-0.2, 0) is 27.4 Å². The Balaban J connectivity index is 2.66. The highest BCUT2D eigenvalue weighted by Gasteiger charge is 2.20. The molecule has 6 heteroatoms. The van der Waals surface area contributed by atoms with Crippen LogP contribution in [0.1, 0.15) is 31.9 Å². The molecule has 0 spiro atoms. The molecule has 0 bridgehead atoms. The Morgan fingerprint density at radius 1 is 1.17 bits per heavy atom. The molecule has 1 N–H and O–H groups in total. The maximum absolute atomic E-state index is 12.0. The zero-order valence-electron chi connectivity index (χ0n) is 14.5. The summed E-state index contributed by atoms with van der Waals surface area (Å²) in [7, 11) is 3.06.